The molecule has 1 aliphatic heterocycles. The van der Waals surface area contributed by atoms with E-state index < -0.39 is 5.60 Å². The fourth-order valence-electron chi connectivity index (χ4n) is 1.95. The maximum atomic E-state index is 11.8. The lowest BCUT2D eigenvalue weighted by Crippen LogP contribution is -2.53. The van der Waals surface area contributed by atoms with Crippen molar-refractivity contribution in [2.45, 2.75) is 26.4 Å². The summed E-state index contributed by atoms with van der Waals surface area (Å²) >= 11 is 8.17. The molecule has 0 bridgehead atoms. The minimum Gasteiger partial charge on any atom is -0.492 e. The van der Waals surface area contributed by atoms with Crippen LogP contribution in [-0.4, -0.2) is 36.3 Å². The van der Waals surface area contributed by atoms with E-state index in [9.17, 15) is 4.79 Å². The van der Waals surface area contributed by atoms with Gasteiger partial charge in [0.1, 0.15) is 11.4 Å². The summed E-state index contributed by atoms with van der Waals surface area (Å²) in [4.78, 5) is 13.5. The van der Waals surface area contributed by atoms with Gasteiger partial charge >= 0.3 is 6.09 Å². The van der Waals surface area contributed by atoms with Crippen LogP contribution in [0.4, 0.5) is 4.79 Å². The molecule has 0 spiro atoms. The zero-order valence-electron chi connectivity index (χ0n) is 12.4. The second-order valence-electron chi connectivity index (χ2n) is 6.14. The summed E-state index contributed by atoms with van der Waals surface area (Å²) in [6, 6.07) is 5.57. The first kappa shape index (κ1) is 16.7. The van der Waals surface area contributed by atoms with Crippen LogP contribution in [-0.2, 0) is 4.74 Å². The van der Waals surface area contributed by atoms with E-state index in [4.69, 9.17) is 21.1 Å². The monoisotopic (exact) mass is 423 g/mol. The molecule has 4 nitrogen and oxygen atoms in total. The molecule has 0 radical (unpaired) electrons. The van der Waals surface area contributed by atoms with Crippen LogP contribution in [0.3, 0.4) is 0 Å². The predicted molar refractivity (Wildman–Crippen MR) is 91.0 cm³/mol. The number of carbonyl (C=O) groups is 1. The first-order valence-corrected chi connectivity index (χ1v) is 8.26. The van der Waals surface area contributed by atoms with E-state index in [1.165, 1.54) is 0 Å². The summed E-state index contributed by atoms with van der Waals surface area (Å²) in [6.45, 7) is 7.53. The molecule has 1 saturated heterocycles. The van der Waals surface area contributed by atoms with E-state index in [0.29, 0.717) is 30.6 Å². The highest BCUT2D eigenvalue weighted by molar-refractivity contribution is 14.1. The second kappa shape index (κ2) is 6.60. The van der Waals surface area contributed by atoms with E-state index in [0.717, 1.165) is 9.32 Å². The number of amides is 1. The highest BCUT2D eigenvalue weighted by Crippen LogP contribution is 2.26. The summed E-state index contributed by atoms with van der Waals surface area (Å²) in [5.41, 5.74) is -0.449. The second-order valence-corrected chi connectivity index (χ2v) is 7.74. The van der Waals surface area contributed by atoms with Crippen LogP contribution in [0.25, 0.3) is 0 Å². The summed E-state index contributed by atoms with van der Waals surface area (Å²) in [5.74, 6) is 1.13. The molecule has 116 valence electrons. The Balaban J connectivity index is 1.76. The Morgan fingerprint density at radius 1 is 1.43 bits per heavy atom. The summed E-state index contributed by atoms with van der Waals surface area (Å²) in [7, 11) is 0. The minimum absolute atomic E-state index is 0.254. The van der Waals surface area contributed by atoms with E-state index in [2.05, 4.69) is 22.6 Å². The number of rotatable bonds is 3. The molecule has 1 aromatic carbocycles. The van der Waals surface area contributed by atoms with E-state index in [1.54, 1.807) is 4.90 Å². The number of ether oxygens (including phenoxy) is 2. The van der Waals surface area contributed by atoms with Crippen molar-refractivity contribution in [1.82, 2.24) is 4.90 Å². The van der Waals surface area contributed by atoms with Crippen LogP contribution in [0.2, 0.25) is 5.02 Å². The van der Waals surface area contributed by atoms with Gasteiger partial charge in [0.05, 0.1) is 10.2 Å². The van der Waals surface area contributed by atoms with Crippen LogP contribution in [0.15, 0.2) is 18.2 Å². The van der Waals surface area contributed by atoms with Crippen LogP contribution >= 0.6 is 34.2 Å². The predicted octanol–water partition coefficient (Wildman–Crippen LogP) is 4.19. The molecule has 0 saturated carbocycles. The topological polar surface area (TPSA) is 38.8 Å². The first-order valence-electron chi connectivity index (χ1n) is 6.80. The van der Waals surface area contributed by atoms with Gasteiger partial charge in [-0.1, -0.05) is 11.6 Å². The van der Waals surface area contributed by atoms with Crippen molar-refractivity contribution in [2.75, 3.05) is 19.7 Å². The van der Waals surface area contributed by atoms with Crippen LogP contribution in [0, 0.1) is 9.49 Å². The smallest absolute Gasteiger partial charge is 0.410 e. The van der Waals surface area contributed by atoms with Crippen molar-refractivity contribution in [1.29, 1.82) is 0 Å². The van der Waals surface area contributed by atoms with Gasteiger partial charge in [-0.25, -0.2) is 4.79 Å². The van der Waals surface area contributed by atoms with Gasteiger partial charge in [0.15, 0.2) is 0 Å². The quantitative estimate of drug-likeness (QED) is 0.684. The number of carbonyl (C=O) groups excluding carboxylic acids is 1. The molecular formula is C15H19ClINO3. The normalized spacial score (nSPS) is 15.6. The van der Waals surface area contributed by atoms with Gasteiger partial charge in [0.2, 0.25) is 0 Å². The number of benzene rings is 1. The number of nitrogens with zero attached hydrogens (tertiary/aromatic N) is 1. The molecule has 0 aliphatic carbocycles. The van der Waals surface area contributed by atoms with Crippen molar-refractivity contribution in [3.05, 3.63) is 26.8 Å². The average Bonchev–Trinajstić information content (AvgIpc) is 2.29. The van der Waals surface area contributed by atoms with Gasteiger partial charge in [-0.05, 0) is 61.6 Å². The SMILES string of the molecule is CC(C)(C)OC(=O)N1CC(COc2cc(Cl)ccc2I)C1. The highest BCUT2D eigenvalue weighted by Gasteiger charge is 2.34. The Morgan fingerprint density at radius 3 is 2.71 bits per heavy atom. The molecule has 0 atom stereocenters. The third-order valence-corrected chi connectivity index (χ3v) is 4.10. The molecule has 0 N–H and O–H groups in total. The van der Waals surface area contributed by atoms with Crippen LogP contribution in [0.1, 0.15) is 20.8 Å². The third kappa shape index (κ3) is 4.92. The van der Waals surface area contributed by atoms with Crippen molar-refractivity contribution in [3.8, 4) is 5.75 Å². The van der Waals surface area contributed by atoms with E-state index in [-0.39, 0.29) is 6.09 Å². The van der Waals surface area contributed by atoms with Gasteiger partial charge in [-0.15, -0.1) is 0 Å². The van der Waals surface area contributed by atoms with Gasteiger partial charge in [0, 0.05) is 24.0 Å². The van der Waals surface area contributed by atoms with Gasteiger partial charge in [-0.2, -0.15) is 0 Å². The van der Waals surface area contributed by atoms with E-state index in [1.807, 2.05) is 39.0 Å². The summed E-state index contributed by atoms with van der Waals surface area (Å²) < 4.78 is 12.1. The lowest BCUT2D eigenvalue weighted by atomic mass is 10.0. The summed E-state index contributed by atoms with van der Waals surface area (Å²) in [5, 5.41) is 0.661. The number of halogens is 2. The van der Waals surface area contributed by atoms with Crippen molar-refractivity contribution >= 4 is 40.3 Å². The molecule has 1 heterocycles. The molecule has 0 aromatic heterocycles. The zero-order chi connectivity index (χ0) is 15.6. The lowest BCUT2D eigenvalue weighted by Gasteiger charge is -2.39. The molecule has 1 fully saturated rings. The maximum absolute atomic E-state index is 11.8. The van der Waals surface area contributed by atoms with Crippen LogP contribution in [0.5, 0.6) is 5.75 Å². The minimum atomic E-state index is -0.449. The molecule has 1 amide bonds. The maximum Gasteiger partial charge on any atom is 0.410 e. The molecular weight excluding hydrogens is 405 g/mol. The highest BCUT2D eigenvalue weighted by atomic mass is 127. The van der Waals surface area contributed by atoms with Gasteiger partial charge in [-0.3, -0.25) is 0 Å². The molecule has 21 heavy (non-hydrogen) atoms. The molecule has 2 rings (SSSR count). The van der Waals surface area contributed by atoms with Crippen molar-refractivity contribution in [2.24, 2.45) is 5.92 Å². The van der Waals surface area contributed by atoms with E-state index >= 15 is 0 Å². The molecule has 0 unspecified atom stereocenters. The Kier molecular flexibility index (Phi) is 5.24. The standard InChI is InChI=1S/C15H19ClINO3/c1-15(2,3)21-14(19)18-7-10(8-18)9-20-13-6-11(16)4-5-12(13)17/h4-6,10H,7-9H2,1-3H3. The Labute approximate surface area is 143 Å². The number of hydrogen-bond acceptors (Lipinski definition) is 3. The lowest BCUT2D eigenvalue weighted by molar-refractivity contribution is -0.00786. The fourth-order valence-corrected chi connectivity index (χ4v) is 2.60. The molecule has 6 heteroatoms. The average molecular weight is 424 g/mol. The molecule has 1 aromatic rings. The Hall–Kier alpha value is -0.690. The van der Waals surface area contributed by atoms with Crippen molar-refractivity contribution < 1.29 is 14.3 Å². The van der Waals surface area contributed by atoms with Gasteiger partial charge < -0.3 is 14.4 Å². The van der Waals surface area contributed by atoms with Gasteiger partial charge in [0.25, 0.3) is 0 Å². The Bertz CT molecular complexity index is 524. The fraction of sp³-hybridized carbons (Fsp3) is 0.533. The van der Waals surface area contributed by atoms with Crippen molar-refractivity contribution in [3.63, 3.8) is 0 Å². The zero-order valence-corrected chi connectivity index (χ0v) is 15.3. The largest absolute Gasteiger partial charge is 0.492 e. The molecule has 1 aliphatic rings. The number of hydrogen-bond donors (Lipinski definition) is 0. The third-order valence-electron chi connectivity index (χ3n) is 2.98. The first-order chi connectivity index (χ1) is 9.74. The number of likely N-dealkylation sites (tertiary alicyclic amines) is 1. The Morgan fingerprint density at radius 2 is 2.10 bits per heavy atom. The van der Waals surface area contributed by atoms with Crippen LogP contribution < -0.4 is 4.74 Å². The summed E-state index contributed by atoms with van der Waals surface area (Å²) in [6.07, 6.45) is -0.254.